The van der Waals surface area contributed by atoms with Crippen molar-refractivity contribution in [1.82, 2.24) is 34.3 Å². The summed E-state index contributed by atoms with van der Waals surface area (Å²) in [6, 6.07) is 7.27. The second kappa shape index (κ2) is 11.1. The summed E-state index contributed by atoms with van der Waals surface area (Å²) >= 11 is 0. The van der Waals surface area contributed by atoms with Crippen molar-refractivity contribution >= 4 is 17.2 Å². The number of ether oxygens (including phenoxy) is 1. The maximum absolute atomic E-state index is 14.8. The first-order valence-electron chi connectivity index (χ1n) is 14.0. The molecular weight excluding hydrogens is 532 g/mol. The Morgan fingerprint density at radius 3 is 2.71 bits per heavy atom. The van der Waals surface area contributed by atoms with Crippen molar-refractivity contribution in [2.75, 3.05) is 20.2 Å². The fourth-order valence-electron chi connectivity index (χ4n) is 6.25. The molecule has 12 heteroatoms. The number of H-pyrrole nitrogens is 1. The van der Waals surface area contributed by atoms with Gasteiger partial charge in [0.2, 0.25) is 0 Å². The molecule has 0 spiro atoms. The minimum Gasteiger partial charge on any atom is -0.375 e. The highest BCUT2D eigenvalue weighted by Crippen LogP contribution is 2.36. The number of amides is 2. The van der Waals surface area contributed by atoms with Gasteiger partial charge in [-0.1, -0.05) is 12.1 Å². The topological polar surface area (TPSA) is 110 Å². The van der Waals surface area contributed by atoms with E-state index in [1.54, 1.807) is 41.1 Å². The van der Waals surface area contributed by atoms with Crippen LogP contribution in [0.3, 0.4) is 0 Å². The molecule has 41 heavy (non-hydrogen) atoms. The average Bonchev–Trinajstić information content (AvgIpc) is 3.50. The fourth-order valence-corrected chi connectivity index (χ4v) is 6.25. The molecule has 3 atom stereocenters. The first-order valence-corrected chi connectivity index (χ1v) is 14.0. The van der Waals surface area contributed by atoms with Crippen LogP contribution in [0.25, 0.3) is 11.2 Å². The number of carbonyl (C=O) groups is 1. The van der Waals surface area contributed by atoms with Crippen LogP contribution >= 0.6 is 0 Å². The standard InChI is InChI=1S/C29H33F2N7O3/c1-17(41-2)24-15-33-27-22(9-8-18(16-37(24)27)20-5-3-6-21(30)25(20)31)34-28(39)36-13-10-19(11-14-36)38-23-7-4-12-32-26(23)35-29(38)40/h3-7,12,15,17-19,22H,8-11,13-14,16H2,1-2H3,(H,34,39)(H,32,35,40)/t17?,18-,22-/m1/s1. The van der Waals surface area contributed by atoms with Gasteiger partial charge in [-0.25, -0.2) is 28.3 Å². The first-order chi connectivity index (χ1) is 19.9. The molecule has 0 radical (unpaired) electrons. The van der Waals surface area contributed by atoms with E-state index in [-0.39, 0.29) is 29.8 Å². The van der Waals surface area contributed by atoms with Gasteiger partial charge < -0.3 is 19.5 Å². The third kappa shape index (κ3) is 5.01. The molecule has 1 unspecified atom stereocenters. The van der Waals surface area contributed by atoms with Gasteiger partial charge in [0.1, 0.15) is 5.82 Å². The number of halogens is 2. The van der Waals surface area contributed by atoms with Gasteiger partial charge in [0, 0.05) is 44.9 Å². The number of nitrogens with zero attached hydrogens (tertiary/aromatic N) is 5. The molecule has 0 bridgehead atoms. The maximum Gasteiger partial charge on any atom is 0.327 e. The molecule has 1 saturated heterocycles. The SMILES string of the molecule is COC(C)c1cnc2n1C[C@H](c1cccc(F)c1F)CC[C@H]2NC(=O)N1CCC(n2c(=O)[nH]c3ncccc32)CC1. The van der Waals surface area contributed by atoms with E-state index in [9.17, 15) is 18.4 Å². The van der Waals surface area contributed by atoms with Crippen molar-refractivity contribution in [1.29, 1.82) is 0 Å². The van der Waals surface area contributed by atoms with Crippen LogP contribution in [0, 0.1) is 11.6 Å². The van der Waals surface area contributed by atoms with Gasteiger partial charge in [-0.3, -0.25) is 9.55 Å². The van der Waals surface area contributed by atoms with E-state index in [2.05, 4.69) is 20.3 Å². The molecule has 10 nitrogen and oxygen atoms in total. The van der Waals surface area contributed by atoms with Crippen molar-refractivity contribution in [2.45, 2.75) is 63.3 Å². The molecule has 2 aliphatic rings. The first kappa shape index (κ1) is 27.1. The lowest BCUT2D eigenvalue weighted by atomic mass is 9.92. The van der Waals surface area contributed by atoms with E-state index in [0.717, 1.165) is 17.3 Å². The van der Waals surface area contributed by atoms with Crippen LogP contribution in [0.4, 0.5) is 13.6 Å². The normalized spacial score (nSPS) is 20.5. The van der Waals surface area contributed by atoms with Crippen molar-refractivity contribution < 1.29 is 18.3 Å². The van der Waals surface area contributed by atoms with Crippen LogP contribution in [0.5, 0.6) is 0 Å². The predicted molar refractivity (Wildman–Crippen MR) is 147 cm³/mol. The lowest BCUT2D eigenvalue weighted by molar-refractivity contribution is 0.112. The van der Waals surface area contributed by atoms with Crippen molar-refractivity contribution in [3.63, 3.8) is 0 Å². The molecule has 1 aromatic carbocycles. The second-order valence-corrected chi connectivity index (χ2v) is 10.8. The molecule has 0 aliphatic carbocycles. The zero-order valence-electron chi connectivity index (χ0n) is 23.0. The number of nitrogens with one attached hydrogen (secondary N) is 2. The van der Waals surface area contributed by atoms with E-state index < -0.39 is 17.7 Å². The highest BCUT2D eigenvalue weighted by Gasteiger charge is 2.33. The number of carbonyl (C=O) groups excluding carboxylic acids is 1. The lowest BCUT2D eigenvalue weighted by Crippen LogP contribution is -2.46. The Labute approximate surface area is 235 Å². The quantitative estimate of drug-likeness (QED) is 0.368. The van der Waals surface area contributed by atoms with E-state index in [0.29, 0.717) is 62.4 Å². The van der Waals surface area contributed by atoms with E-state index in [1.807, 2.05) is 17.6 Å². The summed E-state index contributed by atoms with van der Waals surface area (Å²) in [5, 5.41) is 3.15. The number of aromatic amines is 1. The number of hydrogen-bond acceptors (Lipinski definition) is 5. The average molecular weight is 566 g/mol. The van der Waals surface area contributed by atoms with Gasteiger partial charge in [-0.15, -0.1) is 0 Å². The van der Waals surface area contributed by atoms with Gasteiger partial charge in [0.05, 0.1) is 29.6 Å². The fraction of sp³-hybridized carbons (Fsp3) is 0.448. The summed E-state index contributed by atoms with van der Waals surface area (Å²) in [6.07, 6.45) is 5.41. The summed E-state index contributed by atoms with van der Waals surface area (Å²) in [4.78, 5) is 39.5. The summed E-state index contributed by atoms with van der Waals surface area (Å²) in [7, 11) is 1.61. The number of imidazole rings is 2. The van der Waals surface area contributed by atoms with Crippen LogP contribution in [0.1, 0.15) is 73.8 Å². The molecule has 4 aromatic rings. The van der Waals surface area contributed by atoms with Crippen molar-refractivity contribution in [3.05, 3.63) is 81.9 Å². The Kier molecular flexibility index (Phi) is 7.33. The summed E-state index contributed by atoms with van der Waals surface area (Å²) in [5.41, 5.74) is 2.25. The minimum absolute atomic E-state index is 0.0405. The van der Waals surface area contributed by atoms with E-state index in [1.165, 1.54) is 6.07 Å². The molecule has 1 fully saturated rings. The Balaban J connectivity index is 1.19. The molecule has 3 aromatic heterocycles. The molecule has 2 aliphatic heterocycles. The number of methoxy groups -OCH3 is 1. The van der Waals surface area contributed by atoms with Gasteiger partial charge in [0.15, 0.2) is 17.3 Å². The number of rotatable bonds is 5. The number of benzene rings is 1. The smallest absolute Gasteiger partial charge is 0.327 e. The third-order valence-electron chi connectivity index (χ3n) is 8.53. The van der Waals surface area contributed by atoms with E-state index in [4.69, 9.17) is 4.74 Å². The highest BCUT2D eigenvalue weighted by atomic mass is 19.2. The molecule has 6 rings (SSSR count). The van der Waals surface area contributed by atoms with Gasteiger partial charge in [-0.2, -0.15) is 0 Å². The third-order valence-corrected chi connectivity index (χ3v) is 8.53. The number of piperidine rings is 1. The molecule has 216 valence electrons. The number of hydrogen-bond donors (Lipinski definition) is 2. The summed E-state index contributed by atoms with van der Waals surface area (Å²) < 4.78 is 38.2. The van der Waals surface area contributed by atoms with Crippen LogP contribution in [-0.2, 0) is 11.3 Å². The lowest BCUT2D eigenvalue weighted by Gasteiger charge is -2.33. The van der Waals surface area contributed by atoms with Crippen molar-refractivity contribution in [3.8, 4) is 0 Å². The monoisotopic (exact) mass is 565 g/mol. The zero-order valence-corrected chi connectivity index (χ0v) is 23.0. The number of pyridine rings is 1. The van der Waals surface area contributed by atoms with Crippen LogP contribution < -0.4 is 11.0 Å². The van der Waals surface area contributed by atoms with Crippen LogP contribution in [0.15, 0.2) is 47.5 Å². The Hall–Kier alpha value is -4.06. The number of aromatic nitrogens is 5. The van der Waals surface area contributed by atoms with Crippen LogP contribution in [0.2, 0.25) is 0 Å². The molecule has 2 N–H and O–H groups in total. The Bertz CT molecular complexity index is 1620. The highest BCUT2D eigenvalue weighted by molar-refractivity contribution is 5.75. The summed E-state index contributed by atoms with van der Waals surface area (Å²) in [6.45, 7) is 3.27. The Morgan fingerprint density at radius 1 is 1.12 bits per heavy atom. The Morgan fingerprint density at radius 2 is 1.93 bits per heavy atom. The summed E-state index contributed by atoms with van der Waals surface area (Å²) in [5.74, 6) is -1.34. The molecule has 0 saturated carbocycles. The second-order valence-electron chi connectivity index (χ2n) is 10.8. The predicted octanol–water partition coefficient (Wildman–Crippen LogP) is 4.57. The zero-order chi connectivity index (χ0) is 28.7. The molecular formula is C29H33F2N7O3. The number of likely N-dealkylation sites (tertiary alicyclic amines) is 1. The maximum atomic E-state index is 14.8. The largest absolute Gasteiger partial charge is 0.375 e. The minimum atomic E-state index is -0.873. The number of urea groups is 1. The van der Waals surface area contributed by atoms with Crippen molar-refractivity contribution in [2.24, 2.45) is 0 Å². The number of fused-ring (bicyclic) bond motifs is 2. The molecule has 5 heterocycles. The van der Waals surface area contributed by atoms with Gasteiger partial charge in [-0.05, 0) is 56.4 Å². The van der Waals surface area contributed by atoms with Crippen LogP contribution in [-0.4, -0.2) is 55.2 Å². The molecule has 2 amide bonds. The van der Waals surface area contributed by atoms with E-state index >= 15 is 0 Å². The van der Waals surface area contributed by atoms with Gasteiger partial charge >= 0.3 is 11.7 Å². The van der Waals surface area contributed by atoms with Gasteiger partial charge in [0.25, 0.3) is 0 Å².